The zero-order valence-electron chi connectivity index (χ0n) is 9.99. The minimum Gasteiger partial charge on any atom is -0.463 e. The van der Waals surface area contributed by atoms with E-state index in [1.54, 1.807) is 0 Å². The van der Waals surface area contributed by atoms with Gasteiger partial charge < -0.3 is 14.9 Å². The zero-order valence-corrected chi connectivity index (χ0v) is 9.99. The predicted octanol–water partition coefficient (Wildman–Crippen LogP) is 0.955. The van der Waals surface area contributed by atoms with Crippen LogP contribution in [0.4, 0.5) is 0 Å². The van der Waals surface area contributed by atoms with Gasteiger partial charge in [-0.15, -0.1) is 0 Å². The van der Waals surface area contributed by atoms with Crippen molar-refractivity contribution >= 4 is 5.97 Å². The van der Waals surface area contributed by atoms with E-state index in [0.717, 1.165) is 0 Å². The minimum atomic E-state index is -0.980. The summed E-state index contributed by atoms with van der Waals surface area (Å²) < 4.78 is 4.93. The first kappa shape index (κ1) is 14.4. The van der Waals surface area contributed by atoms with E-state index in [0.29, 0.717) is 6.42 Å². The summed E-state index contributed by atoms with van der Waals surface area (Å²) in [7, 11) is 0. The van der Waals surface area contributed by atoms with E-state index in [9.17, 15) is 4.79 Å². The smallest absolute Gasteiger partial charge is 0.309 e. The molecule has 0 saturated carbocycles. The molecular weight excluding hydrogens is 196 g/mol. The molecule has 15 heavy (non-hydrogen) atoms. The van der Waals surface area contributed by atoms with Gasteiger partial charge in [-0.05, 0) is 11.8 Å². The van der Waals surface area contributed by atoms with Crippen molar-refractivity contribution in [1.82, 2.24) is 0 Å². The molecule has 2 unspecified atom stereocenters. The number of esters is 1. The van der Waals surface area contributed by atoms with Gasteiger partial charge >= 0.3 is 5.97 Å². The van der Waals surface area contributed by atoms with Gasteiger partial charge in [-0.2, -0.15) is 0 Å². The van der Waals surface area contributed by atoms with Gasteiger partial charge in [0.25, 0.3) is 0 Å². The van der Waals surface area contributed by atoms with Crippen LogP contribution in [0.5, 0.6) is 0 Å². The van der Waals surface area contributed by atoms with Gasteiger partial charge in [-0.3, -0.25) is 4.79 Å². The maximum absolute atomic E-state index is 11.6. The summed E-state index contributed by atoms with van der Waals surface area (Å²) in [6.07, 6.45) is -0.274. The van der Waals surface area contributed by atoms with E-state index < -0.39 is 6.10 Å². The number of hydrogen-bond acceptors (Lipinski definition) is 4. The van der Waals surface area contributed by atoms with Crippen molar-refractivity contribution in [2.75, 3.05) is 13.2 Å². The van der Waals surface area contributed by atoms with Crippen LogP contribution in [-0.2, 0) is 9.53 Å². The molecule has 0 radical (unpaired) electrons. The van der Waals surface area contributed by atoms with Crippen molar-refractivity contribution in [3.05, 3.63) is 0 Å². The van der Waals surface area contributed by atoms with Crippen LogP contribution in [0.2, 0.25) is 0 Å². The number of carbonyl (C=O) groups is 1. The van der Waals surface area contributed by atoms with Crippen molar-refractivity contribution in [1.29, 1.82) is 0 Å². The molecule has 0 fully saturated rings. The summed E-state index contributed by atoms with van der Waals surface area (Å²) in [5.74, 6) is -0.485. The molecule has 2 N–H and O–H groups in total. The fraction of sp³-hybridized carbons (Fsp3) is 0.909. The first-order valence-electron chi connectivity index (χ1n) is 5.28. The third-order valence-electron chi connectivity index (χ3n) is 2.37. The molecule has 0 aliphatic carbocycles. The Labute approximate surface area is 91.3 Å². The summed E-state index contributed by atoms with van der Waals surface area (Å²) in [6.45, 7) is 7.34. The number of aliphatic hydroxyl groups excluding tert-OH is 2. The number of carbonyl (C=O) groups excluding carboxylic acids is 1. The van der Waals surface area contributed by atoms with E-state index >= 15 is 0 Å². The number of rotatable bonds is 5. The Morgan fingerprint density at radius 1 is 1.40 bits per heavy atom. The molecule has 0 amide bonds. The number of aliphatic hydroxyl groups is 2. The Kier molecular flexibility index (Phi) is 5.83. The molecule has 0 aromatic rings. The third-order valence-corrected chi connectivity index (χ3v) is 2.37. The topological polar surface area (TPSA) is 66.8 Å². The van der Waals surface area contributed by atoms with Gasteiger partial charge in [0.2, 0.25) is 0 Å². The average molecular weight is 218 g/mol. The van der Waals surface area contributed by atoms with Crippen molar-refractivity contribution in [2.45, 2.75) is 40.2 Å². The number of ether oxygens (including phenoxy) is 1. The van der Waals surface area contributed by atoms with Crippen molar-refractivity contribution in [3.8, 4) is 0 Å². The lowest BCUT2D eigenvalue weighted by Crippen LogP contribution is -2.32. The molecular formula is C11H22O4. The Hall–Kier alpha value is -0.610. The van der Waals surface area contributed by atoms with E-state index in [4.69, 9.17) is 14.9 Å². The van der Waals surface area contributed by atoms with Crippen molar-refractivity contribution in [3.63, 3.8) is 0 Å². The Bertz CT molecular complexity index is 195. The maximum Gasteiger partial charge on any atom is 0.309 e. The Balaban J connectivity index is 4.18. The highest BCUT2D eigenvalue weighted by molar-refractivity contribution is 5.73. The SMILES string of the molecule is CCC(C(=O)OCC(O)CO)C(C)(C)C. The second-order valence-electron chi connectivity index (χ2n) is 4.79. The molecule has 90 valence electrons. The Morgan fingerprint density at radius 2 is 1.93 bits per heavy atom. The van der Waals surface area contributed by atoms with Gasteiger partial charge in [-0.25, -0.2) is 0 Å². The molecule has 0 spiro atoms. The molecule has 0 aliphatic heterocycles. The second kappa shape index (κ2) is 6.08. The van der Waals surface area contributed by atoms with Crippen LogP contribution in [0.3, 0.4) is 0 Å². The fourth-order valence-electron chi connectivity index (χ4n) is 1.46. The molecule has 0 aliphatic rings. The molecule has 0 saturated heterocycles. The summed E-state index contributed by atoms with van der Waals surface area (Å²) in [4.78, 5) is 11.6. The lowest BCUT2D eigenvalue weighted by molar-refractivity contribution is -0.156. The highest BCUT2D eigenvalue weighted by atomic mass is 16.5. The van der Waals surface area contributed by atoms with Crippen molar-refractivity contribution in [2.24, 2.45) is 11.3 Å². The van der Waals surface area contributed by atoms with Crippen LogP contribution in [0.15, 0.2) is 0 Å². The molecule has 0 aromatic heterocycles. The normalized spacial score (nSPS) is 15.9. The highest BCUT2D eigenvalue weighted by Gasteiger charge is 2.31. The van der Waals surface area contributed by atoms with Crippen LogP contribution >= 0.6 is 0 Å². The first-order valence-corrected chi connectivity index (χ1v) is 5.28. The third kappa shape index (κ3) is 5.14. The second-order valence-corrected chi connectivity index (χ2v) is 4.79. The summed E-state index contributed by atoms with van der Waals surface area (Å²) in [5.41, 5.74) is -0.143. The molecule has 2 atom stereocenters. The predicted molar refractivity (Wildman–Crippen MR) is 57.3 cm³/mol. The van der Waals surface area contributed by atoms with Crippen LogP contribution in [-0.4, -0.2) is 35.5 Å². The molecule has 4 nitrogen and oxygen atoms in total. The van der Waals surface area contributed by atoms with Gasteiger partial charge in [0.1, 0.15) is 12.7 Å². The van der Waals surface area contributed by atoms with Crippen LogP contribution in [0.25, 0.3) is 0 Å². The molecule has 0 heterocycles. The summed E-state index contributed by atoms with van der Waals surface area (Å²) >= 11 is 0. The highest BCUT2D eigenvalue weighted by Crippen LogP contribution is 2.29. The monoisotopic (exact) mass is 218 g/mol. The zero-order chi connectivity index (χ0) is 12.1. The van der Waals surface area contributed by atoms with E-state index in [1.165, 1.54) is 0 Å². The van der Waals surface area contributed by atoms with E-state index in [-0.39, 0.29) is 30.5 Å². The molecule has 0 bridgehead atoms. The van der Waals surface area contributed by atoms with Crippen LogP contribution in [0, 0.1) is 11.3 Å². The first-order chi connectivity index (χ1) is 6.82. The lowest BCUT2D eigenvalue weighted by Gasteiger charge is -2.28. The Morgan fingerprint density at radius 3 is 2.27 bits per heavy atom. The summed E-state index contributed by atoms with van der Waals surface area (Å²) in [6, 6.07) is 0. The summed E-state index contributed by atoms with van der Waals surface area (Å²) in [5, 5.41) is 17.6. The molecule has 4 heteroatoms. The fourth-order valence-corrected chi connectivity index (χ4v) is 1.46. The lowest BCUT2D eigenvalue weighted by atomic mass is 9.79. The van der Waals surface area contributed by atoms with E-state index in [1.807, 2.05) is 27.7 Å². The quantitative estimate of drug-likeness (QED) is 0.674. The van der Waals surface area contributed by atoms with Gasteiger partial charge in [0, 0.05) is 0 Å². The van der Waals surface area contributed by atoms with Gasteiger partial charge in [-0.1, -0.05) is 27.7 Å². The standard InChI is InChI=1S/C11H22O4/c1-5-9(11(2,3)4)10(14)15-7-8(13)6-12/h8-9,12-13H,5-7H2,1-4H3. The average Bonchev–Trinajstić information content (AvgIpc) is 2.12. The van der Waals surface area contributed by atoms with E-state index in [2.05, 4.69) is 0 Å². The van der Waals surface area contributed by atoms with Gasteiger partial charge in [0.15, 0.2) is 0 Å². The largest absolute Gasteiger partial charge is 0.463 e. The van der Waals surface area contributed by atoms with Crippen molar-refractivity contribution < 1.29 is 19.7 Å². The van der Waals surface area contributed by atoms with Gasteiger partial charge in [0.05, 0.1) is 12.5 Å². The molecule has 0 aromatic carbocycles. The number of hydrogen-bond donors (Lipinski definition) is 2. The molecule has 0 rings (SSSR count). The van der Waals surface area contributed by atoms with Crippen LogP contribution in [0.1, 0.15) is 34.1 Å². The maximum atomic E-state index is 11.6. The minimum absolute atomic E-state index is 0.137. The van der Waals surface area contributed by atoms with Crippen LogP contribution < -0.4 is 0 Å².